The summed E-state index contributed by atoms with van der Waals surface area (Å²) in [5.41, 5.74) is 6.50. The van der Waals surface area contributed by atoms with E-state index in [1.807, 2.05) is 6.92 Å². The molecule has 6 heteroatoms. The van der Waals surface area contributed by atoms with E-state index in [-0.39, 0.29) is 18.0 Å². The molecule has 1 aromatic heterocycles. The van der Waals surface area contributed by atoms with Crippen LogP contribution in [-0.4, -0.2) is 18.1 Å². The molecule has 0 fully saturated rings. The molecule has 0 amide bonds. The van der Waals surface area contributed by atoms with Crippen LogP contribution >= 0.6 is 0 Å². The number of methoxy groups -OCH3 is 1. The summed E-state index contributed by atoms with van der Waals surface area (Å²) in [5, 5.41) is 0.662. The fraction of sp³-hybridized carbons (Fsp3) is 0.231. The highest BCUT2D eigenvalue weighted by atomic mass is 16.5. The van der Waals surface area contributed by atoms with Crippen LogP contribution in [0.25, 0.3) is 10.9 Å². The first-order chi connectivity index (χ1) is 9.13. The molecule has 0 radical (unpaired) electrons. The van der Waals surface area contributed by atoms with Crippen molar-refractivity contribution < 1.29 is 14.3 Å². The molecule has 0 aliphatic heterocycles. The molecule has 0 saturated heterocycles. The maximum Gasteiger partial charge on any atom is 0.298 e. The zero-order valence-corrected chi connectivity index (χ0v) is 10.7. The fourth-order valence-corrected chi connectivity index (χ4v) is 2.08. The van der Waals surface area contributed by atoms with Crippen LogP contribution in [0.4, 0.5) is 5.69 Å². The lowest BCUT2D eigenvalue weighted by molar-refractivity contribution is -0.120. The summed E-state index contributed by atoms with van der Waals surface area (Å²) in [6.45, 7) is 2.46. The highest BCUT2D eigenvalue weighted by Crippen LogP contribution is 2.33. The molecular weight excluding hydrogens is 248 g/mol. The molecule has 0 aliphatic carbocycles. The largest absolute Gasteiger partial charge is 0.492 e. The van der Waals surface area contributed by atoms with Crippen molar-refractivity contribution >= 4 is 23.1 Å². The van der Waals surface area contributed by atoms with Gasteiger partial charge in [0.1, 0.15) is 0 Å². The lowest BCUT2D eigenvalue weighted by Crippen LogP contribution is -2.22. The average Bonchev–Trinajstić information content (AvgIpc) is 2.40. The van der Waals surface area contributed by atoms with Crippen LogP contribution in [0.1, 0.15) is 6.92 Å². The van der Waals surface area contributed by atoms with E-state index in [9.17, 15) is 9.59 Å². The van der Waals surface area contributed by atoms with E-state index < -0.39 is 5.56 Å². The molecule has 0 atom stereocenters. The lowest BCUT2D eigenvalue weighted by atomic mass is 10.1. The molecule has 2 aromatic rings. The van der Waals surface area contributed by atoms with Crippen molar-refractivity contribution in [1.29, 1.82) is 0 Å². The van der Waals surface area contributed by atoms with Gasteiger partial charge in [0.15, 0.2) is 5.75 Å². The number of nitrogens with zero attached hydrogens (tertiary/aromatic N) is 1. The number of aryl methyl sites for hydroxylation is 1. The van der Waals surface area contributed by atoms with Crippen LogP contribution in [0, 0.1) is 0 Å². The lowest BCUT2D eigenvalue weighted by Gasteiger charge is -2.14. The molecule has 1 aromatic carbocycles. The molecule has 1 heterocycles. The Kier molecular flexibility index (Phi) is 3.41. The van der Waals surface area contributed by atoms with Gasteiger partial charge in [0.05, 0.1) is 12.6 Å². The number of nitrogen functional groups attached to an aromatic ring is 1. The van der Waals surface area contributed by atoms with Gasteiger partial charge >= 0.3 is 0 Å². The topological polar surface area (TPSA) is 83.5 Å². The van der Waals surface area contributed by atoms with Gasteiger partial charge in [-0.15, -0.1) is 0 Å². The summed E-state index contributed by atoms with van der Waals surface area (Å²) < 4.78 is 11.4. The highest BCUT2D eigenvalue weighted by molar-refractivity contribution is 5.90. The van der Waals surface area contributed by atoms with Gasteiger partial charge in [0.2, 0.25) is 5.75 Å². The Bertz CT molecular complexity index is 691. The van der Waals surface area contributed by atoms with Gasteiger partial charge in [-0.05, 0) is 25.1 Å². The number of fused-ring (bicyclic) bond motifs is 1. The van der Waals surface area contributed by atoms with E-state index in [0.29, 0.717) is 23.1 Å². The Morgan fingerprint density at radius 3 is 2.68 bits per heavy atom. The number of carbonyl (C=O) groups excluding carboxylic acids is 1. The van der Waals surface area contributed by atoms with Crippen molar-refractivity contribution in [3.8, 4) is 11.5 Å². The first-order valence-corrected chi connectivity index (χ1v) is 5.74. The molecule has 100 valence electrons. The van der Waals surface area contributed by atoms with Gasteiger partial charge in [0.25, 0.3) is 12.0 Å². The molecule has 2 rings (SSSR count). The summed E-state index contributed by atoms with van der Waals surface area (Å²) in [5.74, 6) is 0.119. The first-order valence-electron chi connectivity index (χ1n) is 5.74. The number of hydrogen-bond acceptors (Lipinski definition) is 5. The third kappa shape index (κ3) is 2.01. The van der Waals surface area contributed by atoms with Crippen molar-refractivity contribution in [3.63, 3.8) is 0 Å². The Hall–Kier alpha value is -2.50. The second-order valence-electron chi connectivity index (χ2n) is 3.90. The maximum absolute atomic E-state index is 12.3. The molecule has 19 heavy (non-hydrogen) atoms. The van der Waals surface area contributed by atoms with E-state index in [0.717, 1.165) is 0 Å². The Morgan fingerprint density at radius 1 is 1.37 bits per heavy atom. The quantitative estimate of drug-likeness (QED) is 0.660. The van der Waals surface area contributed by atoms with Gasteiger partial charge in [0, 0.05) is 17.6 Å². The third-order valence-electron chi connectivity index (χ3n) is 2.89. The van der Waals surface area contributed by atoms with Gasteiger partial charge < -0.3 is 19.8 Å². The van der Waals surface area contributed by atoms with Crippen LogP contribution in [-0.2, 0) is 11.3 Å². The summed E-state index contributed by atoms with van der Waals surface area (Å²) in [6.07, 6.45) is 0. The summed E-state index contributed by atoms with van der Waals surface area (Å²) in [4.78, 5) is 22.8. The van der Waals surface area contributed by atoms with E-state index in [1.165, 1.54) is 11.7 Å². The summed E-state index contributed by atoms with van der Waals surface area (Å²) >= 11 is 0. The Balaban J connectivity index is 2.97. The van der Waals surface area contributed by atoms with Gasteiger partial charge in [-0.2, -0.15) is 0 Å². The first kappa shape index (κ1) is 12.9. The number of hydrogen-bond donors (Lipinski definition) is 1. The van der Waals surface area contributed by atoms with E-state index in [2.05, 4.69) is 0 Å². The molecule has 0 saturated carbocycles. The number of benzene rings is 1. The number of rotatable bonds is 4. The summed E-state index contributed by atoms with van der Waals surface area (Å²) in [7, 11) is 1.42. The molecular formula is C13H14N2O4. The van der Waals surface area contributed by atoms with Crippen molar-refractivity contribution in [1.82, 2.24) is 4.57 Å². The third-order valence-corrected chi connectivity index (χ3v) is 2.89. The van der Waals surface area contributed by atoms with E-state index in [4.69, 9.17) is 15.2 Å². The minimum atomic E-state index is -0.426. The van der Waals surface area contributed by atoms with Crippen LogP contribution in [0.15, 0.2) is 23.0 Å². The number of nitrogens with two attached hydrogens (primary N) is 1. The molecule has 0 bridgehead atoms. The minimum absolute atomic E-state index is 0.114. The normalized spacial score (nSPS) is 10.4. The monoisotopic (exact) mass is 262 g/mol. The number of ether oxygens (including phenoxy) is 2. The van der Waals surface area contributed by atoms with Crippen LogP contribution < -0.4 is 20.8 Å². The Labute approximate surface area is 109 Å². The molecule has 0 aliphatic rings. The smallest absolute Gasteiger partial charge is 0.298 e. The van der Waals surface area contributed by atoms with E-state index >= 15 is 0 Å². The Morgan fingerprint density at radius 2 is 2.11 bits per heavy atom. The number of aromatic nitrogens is 1. The van der Waals surface area contributed by atoms with Gasteiger partial charge in [-0.3, -0.25) is 9.59 Å². The second kappa shape index (κ2) is 5.01. The van der Waals surface area contributed by atoms with Crippen molar-refractivity contribution in [2.24, 2.45) is 0 Å². The predicted molar refractivity (Wildman–Crippen MR) is 71.5 cm³/mol. The zero-order valence-electron chi connectivity index (χ0n) is 10.7. The number of anilines is 1. The number of carbonyl (C=O) groups is 1. The van der Waals surface area contributed by atoms with Gasteiger partial charge in [-0.1, -0.05) is 0 Å². The standard InChI is InChI=1S/C13H14N2O4/c1-3-15-10-6-8(14)4-5-9(10)11(18-2)12(13(15)17)19-7-16/h4-7H,3,14H2,1-2H3. The van der Waals surface area contributed by atoms with Crippen molar-refractivity contribution in [2.45, 2.75) is 13.5 Å². The molecule has 0 unspecified atom stereocenters. The average molecular weight is 262 g/mol. The van der Waals surface area contributed by atoms with Crippen molar-refractivity contribution in [2.75, 3.05) is 12.8 Å². The molecule has 2 N–H and O–H groups in total. The van der Waals surface area contributed by atoms with Crippen LogP contribution in [0.3, 0.4) is 0 Å². The van der Waals surface area contributed by atoms with E-state index in [1.54, 1.807) is 18.2 Å². The van der Waals surface area contributed by atoms with Crippen molar-refractivity contribution in [3.05, 3.63) is 28.6 Å². The second-order valence-corrected chi connectivity index (χ2v) is 3.90. The highest BCUT2D eigenvalue weighted by Gasteiger charge is 2.18. The summed E-state index contributed by atoms with van der Waals surface area (Å²) in [6, 6.07) is 5.11. The molecule has 0 spiro atoms. The maximum atomic E-state index is 12.3. The fourth-order valence-electron chi connectivity index (χ4n) is 2.08. The minimum Gasteiger partial charge on any atom is -0.492 e. The van der Waals surface area contributed by atoms with Crippen LogP contribution in [0.5, 0.6) is 11.5 Å². The molecule has 6 nitrogen and oxygen atoms in total. The number of pyridine rings is 1. The predicted octanol–water partition coefficient (Wildman–Crippen LogP) is 1.15. The van der Waals surface area contributed by atoms with Gasteiger partial charge in [-0.25, -0.2) is 0 Å². The zero-order chi connectivity index (χ0) is 14.0. The van der Waals surface area contributed by atoms with Crippen LogP contribution in [0.2, 0.25) is 0 Å². The SMILES string of the molecule is CCn1c(=O)c(OC=O)c(OC)c2ccc(N)cc21.